The summed E-state index contributed by atoms with van der Waals surface area (Å²) >= 11 is 0. The fourth-order valence-corrected chi connectivity index (χ4v) is 2.53. The van der Waals surface area contributed by atoms with Crippen LogP contribution in [0.2, 0.25) is 0 Å². The third kappa shape index (κ3) is 2.47. The van der Waals surface area contributed by atoms with Crippen molar-refractivity contribution >= 4 is 5.97 Å². The number of rotatable bonds is 4. The molecular weight excluding hydrogens is 180 g/mol. The number of epoxide rings is 1. The van der Waals surface area contributed by atoms with Crippen molar-refractivity contribution in [2.45, 2.75) is 57.2 Å². The lowest BCUT2D eigenvalue weighted by atomic mass is 9.85. The Hall–Kier alpha value is -0.570. The summed E-state index contributed by atoms with van der Waals surface area (Å²) in [6.45, 7) is 0. The van der Waals surface area contributed by atoms with Gasteiger partial charge in [-0.1, -0.05) is 19.3 Å². The van der Waals surface area contributed by atoms with E-state index in [1.54, 1.807) is 0 Å². The average Bonchev–Trinajstić information content (AvgIpc) is 2.95. The maximum atomic E-state index is 10.4. The van der Waals surface area contributed by atoms with Crippen molar-refractivity contribution in [3.63, 3.8) is 0 Å². The van der Waals surface area contributed by atoms with E-state index in [1.807, 2.05) is 0 Å². The highest BCUT2D eigenvalue weighted by Gasteiger charge is 2.44. The summed E-state index contributed by atoms with van der Waals surface area (Å²) in [6.07, 6.45) is 8.21. The highest BCUT2D eigenvalue weighted by atomic mass is 16.6. The molecule has 2 rings (SSSR count). The predicted octanol–water partition coefficient (Wildman–Crippen LogP) is 2.20. The van der Waals surface area contributed by atoms with E-state index >= 15 is 0 Å². The SMILES string of the molecule is O=C(O)CCC1OC1C1CCCCC1. The molecule has 3 nitrogen and oxygen atoms in total. The summed E-state index contributed by atoms with van der Waals surface area (Å²) in [5.74, 6) is 0.0189. The van der Waals surface area contributed by atoms with Crippen LogP contribution < -0.4 is 0 Å². The first-order valence-corrected chi connectivity index (χ1v) is 5.64. The van der Waals surface area contributed by atoms with E-state index in [0.717, 1.165) is 5.92 Å². The second-order valence-corrected chi connectivity index (χ2v) is 4.47. The summed E-state index contributed by atoms with van der Waals surface area (Å²) in [4.78, 5) is 10.4. The maximum Gasteiger partial charge on any atom is 0.303 e. The van der Waals surface area contributed by atoms with Gasteiger partial charge in [0.25, 0.3) is 0 Å². The van der Waals surface area contributed by atoms with Crippen LogP contribution in [0.25, 0.3) is 0 Å². The maximum absolute atomic E-state index is 10.4. The van der Waals surface area contributed by atoms with Gasteiger partial charge < -0.3 is 9.84 Å². The summed E-state index contributed by atoms with van der Waals surface area (Å²) in [7, 11) is 0. The van der Waals surface area contributed by atoms with Gasteiger partial charge >= 0.3 is 5.97 Å². The fraction of sp³-hybridized carbons (Fsp3) is 0.909. The zero-order valence-electron chi connectivity index (χ0n) is 8.45. The number of hydrogen-bond donors (Lipinski definition) is 1. The number of carboxylic acids is 1. The molecule has 1 heterocycles. The summed E-state index contributed by atoms with van der Waals surface area (Å²) in [6, 6.07) is 0. The molecule has 2 atom stereocenters. The number of aliphatic carboxylic acids is 1. The Morgan fingerprint density at radius 1 is 1.29 bits per heavy atom. The van der Waals surface area contributed by atoms with Crippen molar-refractivity contribution in [3.05, 3.63) is 0 Å². The molecule has 0 aromatic carbocycles. The van der Waals surface area contributed by atoms with Gasteiger partial charge in [0.15, 0.2) is 0 Å². The molecule has 1 aliphatic heterocycles. The Balaban J connectivity index is 1.67. The zero-order chi connectivity index (χ0) is 9.97. The standard InChI is InChI=1S/C11H18O3/c12-10(13)7-6-9-11(14-9)8-4-2-1-3-5-8/h8-9,11H,1-7H2,(H,12,13). The van der Waals surface area contributed by atoms with Crippen LogP contribution in [0, 0.1) is 5.92 Å². The lowest BCUT2D eigenvalue weighted by Gasteiger charge is -2.19. The second kappa shape index (κ2) is 4.30. The molecule has 0 bridgehead atoms. The molecular formula is C11H18O3. The Morgan fingerprint density at radius 2 is 2.00 bits per heavy atom. The van der Waals surface area contributed by atoms with Gasteiger partial charge in [0.05, 0.1) is 12.2 Å². The van der Waals surface area contributed by atoms with E-state index in [1.165, 1.54) is 32.1 Å². The third-order valence-electron chi connectivity index (χ3n) is 3.38. The van der Waals surface area contributed by atoms with Crippen LogP contribution in [0.5, 0.6) is 0 Å². The highest BCUT2D eigenvalue weighted by molar-refractivity contribution is 5.66. The first kappa shape index (κ1) is 9.97. The minimum absolute atomic E-state index is 0.258. The van der Waals surface area contributed by atoms with Gasteiger partial charge in [-0.2, -0.15) is 0 Å². The molecule has 0 spiro atoms. The van der Waals surface area contributed by atoms with Gasteiger partial charge in [-0.05, 0) is 25.2 Å². The molecule has 1 aliphatic carbocycles. The predicted molar refractivity (Wildman–Crippen MR) is 52.1 cm³/mol. The van der Waals surface area contributed by atoms with E-state index in [4.69, 9.17) is 9.84 Å². The number of carboxylic acid groups (broad SMARTS) is 1. The average molecular weight is 198 g/mol. The minimum Gasteiger partial charge on any atom is -0.481 e. The van der Waals surface area contributed by atoms with Crippen molar-refractivity contribution in [1.82, 2.24) is 0 Å². The topological polar surface area (TPSA) is 49.8 Å². The molecule has 0 amide bonds. The first-order valence-electron chi connectivity index (χ1n) is 5.64. The van der Waals surface area contributed by atoms with Crippen LogP contribution in [0.4, 0.5) is 0 Å². The van der Waals surface area contributed by atoms with E-state index < -0.39 is 5.97 Å². The van der Waals surface area contributed by atoms with Gasteiger partial charge in [-0.3, -0.25) is 4.79 Å². The van der Waals surface area contributed by atoms with E-state index in [0.29, 0.717) is 12.5 Å². The molecule has 2 unspecified atom stereocenters. The molecule has 1 saturated heterocycles. The normalized spacial score (nSPS) is 32.9. The molecule has 0 radical (unpaired) electrons. The Bertz CT molecular complexity index is 209. The van der Waals surface area contributed by atoms with Crippen LogP contribution >= 0.6 is 0 Å². The van der Waals surface area contributed by atoms with Gasteiger partial charge in [0.2, 0.25) is 0 Å². The summed E-state index contributed by atoms with van der Waals surface area (Å²) < 4.78 is 5.54. The molecule has 3 heteroatoms. The molecule has 2 fully saturated rings. The fourth-order valence-electron chi connectivity index (χ4n) is 2.53. The van der Waals surface area contributed by atoms with E-state index in [2.05, 4.69) is 0 Å². The van der Waals surface area contributed by atoms with Crippen LogP contribution in [0.15, 0.2) is 0 Å². The quantitative estimate of drug-likeness (QED) is 0.704. The Morgan fingerprint density at radius 3 is 2.64 bits per heavy atom. The smallest absolute Gasteiger partial charge is 0.303 e. The first-order chi connectivity index (χ1) is 6.77. The van der Waals surface area contributed by atoms with Crippen molar-refractivity contribution in [2.75, 3.05) is 0 Å². The van der Waals surface area contributed by atoms with E-state index in [-0.39, 0.29) is 12.5 Å². The van der Waals surface area contributed by atoms with Crippen molar-refractivity contribution < 1.29 is 14.6 Å². The van der Waals surface area contributed by atoms with Gasteiger partial charge in [-0.25, -0.2) is 0 Å². The summed E-state index contributed by atoms with van der Waals surface area (Å²) in [5.41, 5.74) is 0. The summed E-state index contributed by atoms with van der Waals surface area (Å²) in [5, 5.41) is 8.53. The molecule has 0 aromatic heterocycles. The van der Waals surface area contributed by atoms with Crippen molar-refractivity contribution in [1.29, 1.82) is 0 Å². The third-order valence-corrected chi connectivity index (χ3v) is 3.38. The number of carbonyl (C=O) groups is 1. The van der Waals surface area contributed by atoms with E-state index in [9.17, 15) is 4.79 Å². The van der Waals surface area contributed by atoms with Crippen LogP contribution in [0.1, 0.15) is 44.9 Å². The molecule has 14 heavy (non-hydrogen) atoms. The number of hydrogen-bond acceptors (Lipinski definition) is 2. The molecule has 2 aliphatic rings. The van der Waals surface area contributed by atoms with Crippen LogP contribution in [0.3, 0.4) is 0 Å². The second-order valence-electron chi connectivity index (χ2n) is 4.47. The minimum atomic E-state index is -0.706. The van der Waals surface area contributed by atoms with Crippen LogP contribution in [-0.2, 0) is 9.53 Å². The molecule has 0 aromatic rings. The number of ether oxygens (including phenoxy) is 1. The lowest BCUT2D eigenvalue weighted by molar-refractivity contribution is -0.137. The lowest BCUT2D eigenvalue weighted by Crippen LogP contribution is -2.15. The van der Waals surface area contributed by atoms with Gasteiger partial charge in [0.1, 0.15) is 0 Å². The Labute approximate surface area is 84.4 Å². The van der Waals surface area contributed by atoms with Crippen molar-refractivity contribution in [2.24, 2.45) is 5.92 Å². The monoisotopic (exact) mass is 198 g/mol. The van der Waals surface area contributed by atoms with Crippen LogP contribution in [-0.4, -0.2) is 23.3 Å². The zero-order valence-corrected chi connectivity index (χ0v) is 8.45. The molecule has 80 valence electrons. The van der Waals surface area contributed by atoms with Gasteiger partial charge in [-0.15, -0.1) is 0 Å². The molecule has 1 N–H and O–H groups in total. The van der Waals surface area contributed by atoms with Crippen molar-refractivity contribution in [3.8, 4) is 0 Å². The largest absolute Gasteiger partial charge is 0.481 e. The van der Waals surface area contributed by atoms with Gasteiger partial charge in [0, 0.05) is 6.42 Å². The molecule has 1 saturated carbocycles. The highest BCUT2D eigenvalue weighted by Crippen LogP contribution is 2.40. The Kier molecular flexibility index (Phi) is 3.06.